The van der Waals surface area contributed by atoms with Gasteiger partial charge in [0.15, 0.2) is 5.69 Å². The molecule has 0 radical (unpaired) electrons. The molecular formula is C21H16ClN5O. The van der Waals surface area contributed by atoms with Gasteiger partial charge in [-0.15, -0.1) is 10.2 Å². The summed E-state index contributed by atoms with van der Waals surface area (Å²) in [4.78, 5) is 16.8. The van der Waals surface area contributed by atoms with Crippen LogP contribution in [0.15, 0.2) is 72.9 Å². The molecule has 0 saturated carbocycles. The van der Waals surface area contributed by atoms with Crippen LogP contribution in [-0.4, -0.2) is 21.1 Å². The Balaban J connectivity index is 1.44. The first-order chi connectivity index (χ1) is 13.7. The van der Waals surface area contributed by atoms with Crippen molar-refractivity contribution in [2.45, 2.75) is 6.54 Å². The van der Waals surface area contributed by atoms with Crippen LogP contribution in [0, 0.1) is 0 Å². The van der Waals surface area contributed by atoms with Crippen LogP contribution < -0.4 is 10.6 Å². The van der Waals surface area contributed by atoms with Crippen LogP contribution in [0.5, 0.6) is 0 Å². The van der Waals surface area contributed by atoms with Crippen LogP contribution in [0.2, 0.25) is 5.02 Å². The molecule has 0 unspecified atom stereocenters. The van der Waals surface area contributed by atoms with Crippen molar-refractivity contribution in [2.75, 3.05) is 10.6 Å². The Labute approximate surface area is 166 Å². The lowest BCUT2D eigenvalue weighted by Gasteiger charge is -2.09. The van der Waals surface area contributed by atoms with Crippen LogP contribution in [-0.2, 0) is 6.54 Å². The topological polar surface area (TPSA) is 79.8 Å². The number of carbonyl (C=O) groups is 1. The predicted molar refractivity (Wildman–Crippen MR) is 111 cm³/mol. The maximum Gasteiger partial charge on any atom is 0.276 e. The van der Waals surface area contributed by atoms with Gasteiger partial charge in [-0.3, -0.25) is 9.78 Å². The van der Waals surface area contributed by atoms with Crippen molar-refractivity contribution in [2.24, 2.45) is 0 Å². The molecule has 0 aliphatic rings. The van der Waals surface area contributed by atoms with Gasteiger partial charge in [0.1, 0.15) is 5.82 Å². The van der Waals surface area contributed by atoms with Crippen LogP contribution in [0.4, 0.5) is 11.5 Å². The number of fused-ring (bicyclic) bond motifs is 1. The maximum absolute atomic E-state index is 12.5. The van der Waals surface area contributed by atoms with Gasteiger partial charge in [-0.1, -0.05) is 48.0 Å². The van der Waals surface area contributed by atoms with E-state index in [1.165, 1.54) is 0 Å². The summed E-state index contributed by atoms with van der Waals surface area (Å²) in [5.74, 6) is 0.214. The molecule has 0 aliphatic heterocycles. The van der Waals surface area contributed by atoms with Crippen molar-refractivity contribution >= 4 is 39.9 Å². The van der Waals surface area contributed by atoms with E-state index in [1.54, 1.807) is 24.4 Å². The Morgan fingerprint density at radius 2 is 1.79 bits per heavy atom. The number of aromatic nitrogens is 3. The van der Waals surface area contributed by atoms with Crippen molar-refractivity contribution in [1.29, 1.82) is 0 Å². The van der Waals surface area contributed by atoms with Gasteiger partial charge in [0, 0.05) is 23.2 Å². The number of benzene rings is 2. The van der Waals surface area contributed by atoms with Gasteiger partial charge < -0.3 is 10.6 Å². The standard InChI is InChI=1S/C21H16ClN5O/c22-16-8-2-1-5-15(16)13-24-19-11-10-18(26-27-19)21(28)25-17-9-3-6-14-7-4-12-23-20(14)17/h1-12H,13H2,(H,24,27)(H,25,28). The second-order valence-corrected chi connectivity index (χ2v) is 6.49. The highest BCUT2D eigenvalue weighted by molar-refractivity contribution is 6.31. The number of pyridine rings is 1. The fraction of sp³-hybridized carbons (Fsp3) is 0.0476. The number of hydrogen-bond acceptors (Lipinski definition) is 5. The average Bonchev–Trinajstić information content (AvgIpc) is 2.74. The minimum atomic E-state index is -0.344. The molecule has 2 heterocycles. The third-order valence-electron chi connectivity index (χ3n) is 4.20. The summed E-state index contributed by atoms with van der Waals surface area (Å²) in [7, 11) is 0. The molecule has 1 amide bonds. The Bertz CT molecular complexity index is 1130. The normalized spacial score (nSPS) is 10.6. The molecule has 28 heavy (non-hydrogen) atoms. The molecule has 0 atom stereocenters. The summed E-state index contributed by atoms with van der Waals surface area (Å²) in [6.07, 6.45) is 1.69. The van der Waals surface area contributed by atoms with Crippen LogP contribution in [0.3, 0.4) is 0 Å². The molecule has 0 spiro atoms. The zero-order valence-electron chi connectivity index (χ0n) is 14.8. The van der Waals surface area contributed by atoms with Crippen molar-refractivity contribution < 1.29 is 4.79 Å². The van der Waals surface area contributed by atoms with E-state index < -0.39 is 0 Å². The summed E-state index contributed by atoms with van der Waals surface area (Å²) in [5.41, 5.74) is 2.53. The highest BCUT2D eigenvalue weighted by atomic mass is 35.5. The van der Waals surface area contributed by atoms with E-state index in [0.717, 1.165) is 16.5 Å². The van der Waals surface area contributed by atoms with Crippen molar-refractivity contribution in [3.63, 3.8) is 0 Å². The lowest BCUT2D eigenvalue weighted by molar-refractivity contribution is 0.102. The van der Waals surface area contributed by atoms with E-state index in [1.807, 2.05) is 48.5 Å². The zero-order chi connectivity index (χ0) is 19.3. The van der Waals surface area contributed by atoms with Gasteiger partial charge in [0.25, 0.3) is 5.91 Å². The number of amides is 1. The number of hydrogen-bond donors (Lipinski definition) is 2. The number of halogens is 1. The summed E-state index contributed by atoms with van der Waals surface area (Å²) >= 11 is 6.14. The van der Waals surface area contributed by atoms with Crippen molar-refractivity contribution in [3.05, 3.63) is 89.2 Å². The van der Waals surface area contributed by atoms with Gasteiger partial charge in [0.05, 0.1) is 11.2 Å². The lowest BCUT2D eigenvalue weighted by Crippen LogP contribution is -2.15. The summed E-state index contributed by atoms with van der Waals surface area (Å²) < 4.78 is 0. The van der Waals surface area contributed by atoms with Crippen LogP contribution >= 0.6 is 11.6 Å². The second kappa shape index (κ2) is 8.02. The molecule has 0 fully saturated rings. The highest BCUT2D eigenvalue weighted by Crippen LogP contribution is 2.21. The van der Waals surface area contributed by atoms with Crippen LogP contribution in [0.25, 0.3) is 10.9 Å². The summed E-state index contributed by atoms with van der Waals surface area (Å²) in [6.45, 7) is 0.515. The molecular weight excluding hydrogens is 374 g/mol. The van der Waals surface area contributed by atoms with E-state index in [9.17, 15) is 4.79 Å². The van der Waals surface area contributed by atoms with E-state index in [0.29, 0.717) is 23.1 Å². The number of anilines is 2. The smallest absolute Gasteiger partial charge is 0.276 e. The predicted octanol–water partition coefficient (Wildman–Crippen LogP) is 4.54. The molecule has 0 aliphatic carbocycles. The first-order valence-electron chi connectivity index (χ1n) is 8.67. The molecule has 0 saturated heterocycles. The molecule has 2 N–H and O–H groups in total. The van der Waals surface area contributed by atoms with Gasteiger partial charge in [-0.2, -0.15) is 0 Å². The second-order valence-electron chi connectivity index (χ2n) is 6.08. The first kappa shape index (κ1) is 17.9. The third-order valence-corrected chi connectivity index (χ3v) is 4.56. The average molecular weight is 390 g/mol. The van der Waals surface area contributed by atoms with E-state index in [2.05, 4.69) is 25.8 Å². The number of carbonyl (C=O) groups excluding carboxylic acids is 1. The monoisotopic (exact) mass is 389 g/mol. The van der Waals surface area contributed by atoms with Gasteiger partial charge in [-0.25, -0.2) is 0 Å². The third kappa shape index (κ3) is 3.92. The Hall–Kier alpha value is -3.51. The molecule has 0 bridgehead atoms. The van der Waals surface area contributed by atoms with Gasteiger partial charge >= 0.3 is 0 Å². The molecule has 2 aromatic carbocycles. The number of nitrogens with zero attached hydrogens (tertiary/aromatic N) is 3. The Morgan fingerprint density at radius 1 is 0.929 bits per heavy atom. The quantitative estimate of drug-likeness (QED) is 0.523. The minimum Gasteiger partial charge on any atom is -0.364 e. The SMILES string of the molecule is O=C(Nc1cccc2cccnc12)c1ccc(NCc2ccccc2Cl)nn1. The van der Waals surface area contributed by atoms with Gasteiger partial charge in [0.2, 0.25) is 0 Å². The first-order valence-corrected chi connectivity index (χ1v) is 9.04. The minimum absolute atomic E-state index is 0.219. The summed E-state index contributed by atoms with van der Waals surface area (Å²) in [6, 6.07) is 20.3. The van der Waals surface area contributed by atoms with Crippen LogP contribution in [0.1, 0.15) is 16.1 Å². The molecule has 2 aromatic heterocycles. The fourth-order valence-electron chi connectivity index (χ4n) is 2.77. The van der Waals surface area contributed by atoms with E-state index >= 15 is 0 Å². The fourth-order valence-corrected chi connectivity index (χ4v) is 2.97. The Kier molecular flexibility index (Phi) is 5.12. The van der Waals surface area contributed by atoms with E-state index in [4.69, 9.17) is 11.6 Å². The largest absolute Gasteiger partial charge is 0.364 e. The zero-order valence-corrected chi connectivity index (χ0v) is 15.5. The number of rotatable bonds is 5. The molecule has 4 aromatic rings. The maximum atomic E-state index is 12.5. The lowest BCUT2D eigenvalue weighted by atomic mass is 10.2. The molecule has 7 heteroatoms. The van der Waals surface area contributed by atoms with Gasteiger partial charge in [-0.05, 0) is 35.9 Å². The number of nitrogens with one attached hydrogen (secondary N) is 2. The number of para-hydroxylation sites is 1. The van der Waals surface area contributed by atoms with Crippen molar-refractivity contribution in [1.82, 2.24) is 15.2 Å². The van der Waals surface area contributed by atoms with Crippen molar-refractivity contribution in [3.8, 4) is 0 Å². The molecule has 4 rings (SSSR count). The van der Waals surface area contributed by atoms with E-state index in [-0.39, 0.29) is 11.6 Å². The summed E-state index contributed by atoms with van der Waals surface area (Å²) in [5, 5.41) is 15.7. The molecule has 6 nitrogen and oxygen atoms in total. The Morgan fingerprint density at radius 3 is 2.61 bits per heavy atom. The highest BCUT2D eigenvalue weighted by Gasteiger charge is 2.11. The molecule has 138 valence electrons.